The molecule has 0 aliphatic heterocycles. The van der Waals surface area contributed by atoms with Crippen LogP contribution in [0.4, 0.5) is 0 Å². The molecule has 0 spiro atoms. The van der Waals surface area contributed by atoms with E-state index in [4.69, 9.17) is 0 Å². The molecule has 0 bridgehead atoms. The van der Waals surface area contributed by atoms with E-state index in [1.54, 1.807) is 12.5 Å². The number of benzene rings is 1. The quantitative estimate of drug-likeness (QED) is 0.770. The fourth-order valence-corrected chi connectivity index (χ4v) is 3.08. The van der Waals surface area contributed by atoms with Crippen LogP contribution in [0.25, 0.3) is 11.0 Å². The number of aliphatic hydroxyl groups excluding tert-OH is 1. The van der Waals surface area contributed by atoms with Crippen LogP contribution in [-0.4, -0.2) is 24.4 Å². The van der Waals surface area contributed by atoms with Gasteiger partial charge in [-0.15, -0.1) is 0 Å². The third-order valence-corrected chi connectivity index (χ3v) is 4.09. The maximum atomic E-state index is 10.6. The van der Waals surface area contributed by atoms with Crippen LogP contribution in [0.15, 0.2) is 41.3 Å². The van der Waals surface area contributed by atoms with Crippen molar-refractivity contribution in [1.29, 1.82) is 0 Å². The van der Waals surface area contributed by atoms with Gasteiger partial charge in [0.25, 0.3) is 0 Å². The molecule has 0 saturated carbocycles. The summed E-state index contributed by atoms with van der Waals surface area (Å²) in [6, 6.07) is 7.91. The van der Waals surface area contributed by atoms with Crippen molar-refractivity contribution in [2.75, 3.05) is 0 Å². The van der Waals surface area contributed by atoms with Crippen LogP contribution in [-0.2, 0) is 13.1 Å². The summed E-state index contributed by atoms with van der Waals surface area (Å²) in [7, 11) is 0. The van der Waals surface area contributed by atoms with Crippen LogP contribution < -0.4 is 0 Å². The Balaban J connectivity index is 1.89. The molecule has 21 heavy (non-hydrogen) atoms. The average molecular weight is 349 g/mol. The molecule has 0 radical (unpaired) electrons. The van der Waals surface area contributed by atoms with Crippen LogP contribution in [0.1, 0.15) is 25.1 Å². The Labute approximate surface area is 131 Å². The molecule has 1 atom stereocenters. The fourth-order valence-electron chi connectivity index (χ4n) is 2.52. The highest BCUT2D eigenvalue weighted by molar-refractivity contribution is 9.10. The third kappa shape index (κ3) is 2.73. The van der Waals surface area contributed by atoms with Gasteiger partial charge in [0.2, 0.25) is 0 Å². The van der Waals surface area contributed by atoms with E-state index in [0.717, 1.165) is 34.2 Å². The summed E-state index contributed by atoms with van der Waals surface area (Å²) in [5.41, 5.74) is 2.77. The lowest BCUT2D eigenvalue weighted by Gasteiger charge is -2.15. The zero-order valence-corrected chi connectivity index (χ0v) is 13.4. The number of aromatic nitrogens is 4. The maximum Gasteiger partial charge on any atom is 0.115 e. The maximum absolute atomic E-state index is 10.6. The van der Waals surface area contributed by atoms with Crippen molar-refractivity contribution in [1.82, 2.24) is 19.3 Å². The predicted molar refractivity (Wildman–Crippen MR) is 84.9 cm³/mol. The largest absolute Gasteiger partial charge is 0.385 e. The number of hydrogen-bond acceptors (Lipinski definition) is 3. The van der Waals surface area contributed by atoms with Crippen LogP contribution in [0.5, 0.6) is 0 Å². The lowest BCUT2D eigenvalue weighted by atomic mass is 10.2. The van der Waals surface area contributed by atoms with Crippen LogP contribution in [0.2, 0.25) is 0 Å². The molecule has 110 valence electrons. The second-order valence-electron chi connectivity index (χ2n) is 5.00. The van der Waals surface area contributed by atoms with Crippen molar-refractivity contribution in [3.05, 3.63) is 47.0 Å². The van der Waals surface area contributed by atoms with Gasteiger partial charge in [0.1, 0.15) is 6.10 Å². The van der Waals surface area contributed by atoms with Crippen molar-refractivity contribution in [2.45, 2.75) is 32.5 Å². The monoisotopic (exact) mass is 348 g/mol. The van der Waals surface area contributed by atoms with E-state index in [1.165, 1.54) is 0 Å². The smallest absolute Gasteiger partial charge is 0.115 e. The van der Waals surface area contributed by atoms with Crippen LogP contribution >= 0.6 is 15.9 Å². The number of aryl methyl sites for hydroxylation is 1. The van der Waals surface area contributed by atoms with E-state index in [9.17, 15) is 5.11 Å². The summed E-state index contributed by atoms with van der Waals surface area (Å²) in [4.78, 5) is 4.35. The number of hydrogen-bond donors (Lipinski definition) is 1. The highest BCUT2D eigenvalue weighted by Gasteiger charge is 2.18. The minimum absolute atomic E-state index is 0.453. The molecule has 1 aromatic carbocycles. The van der Waals surface area contributed by atoms with E-state index in [1.807, 2.05) is 33.5 Å². The van der Waals surface area contributed by atoms with E-state index in [-0.39, 0.29) is 0 Å². The molecule has 1 N–H and O–H groups in total. The number of imidazole rings is 1. The minimum Gasteiger partial charge on any atom is -0.385 e. The molecule has 5 nitrogen and oxygen atoms in total. The number of aliphatic hydroxyl groups is 1. The van der Waals surface area contributed by atoms with Crippen molar-refractivity contribution in [3.8, 4) is 0 Å². The highest BCUT2D eigenvalue weighted by Crippen LogP contribution is 2.26. The van der Waals surface area contributed by atoms with E-state index in [2.05, 4.69) is 32.9 Å². The molecule has 0 aliphatic rings. The van der Waals surface area contributed by atoms with Gasteiger partial charge in [-0.2, -0.15) is 5.10 Å². The van der Waals surface area contributed by atoms with Crippen molar-refractivity contribution in [3.63, 3.8) is 0 Å². The third-order valence-electron chi connectivity index (χ3n) is 3.48. The Hall–Kier alpha value is -1.66. The average Bonchev–Trinajstić information content (AvgIpc) is 3.04. The highest BCUT2D eigenvalue weighted by atomic mass is 79.9. The van der Waals surface area contributed by atoms with Crippen LogP contribution in [0.3, 0.4) is 0 Å². The van der Waals surface area contributed by atoms with Gasteiger partial charge >= 0.3 is 0 Å². The first-order valence-corrected chi connectivity index (χ1v) is 7.79. The van der Waals surface area contributed by atoms with Crippen molar-refractivity contribution < 1.29 is 5.11 Å². The Kier molecular flexibility index (Phi) is 4.07. The summed E-state index contributed by atoms with van der Waals surface area (Å²) in [5, 5.41) is 14.9. The number of rotatable bonds is 5. The first-order chi connectivity index (χ1) is 10.2. The molecule has 0 fully saturated rings. The standard InChI is InChI=1S/C15H17BrN4O/c1-2-7-20-15(11(16)8-18-20)14(21)9-19-10-17-12-5-3-4-6-13(12)19/h3-6,8,10,14,21H,2,7,9H2,1H3. The van der Waals surface area contributed by atoms with Crippen molar-refractivity contribution >= 4 is 27.0 Å². The zero-order chi connectivity index (χ0) is 14.8. The molecule has 2 heterocycles. The van der Waals surface area contributed by atoms with Gasteiger partial charge in [-0.3, -0.25) is 4.68 Å². The number of halogens is 1. The molecule has 3 aromatic rings. The van der Waals surface area contributed by atoms with Gasteiger partial charge in [0.15, 0.2) is 0 Å². The van der Waals surface area contributed by atoms with Crippen molar-refractivity contribution in [2.24, 2.45) is 0 Å². The number of para-hydroxylation sites is 2. The lowest BCUT2D eigenvalue weighted by Crippen LogP contribution is -2.14. The first kappa shape index (κ1) is 14.3. The SMILES string of the molecule is CCCn1ncc(Br)c1C(O)Cn1cnc2ccccc21. The second kappa shape index (κ2) is 5.99. The Bertz CT molecular complexity index is 749. The Morgan fingerprint density at radius 3 is 2.95 bits per heavy atom. The zero-order valence-electron chi connectivity index (χ0n) is 11.8. The van der Waals surface area contributed by atoms with Crippen LogP contribution in [0, 0.1) is 0 Å². The van der Waals surface area contributed by atoms with Gasteiger partial charge in [-0.05, 0) is 34.5 Å². The Morgan fingerprint density at radius 2 is 2.14 bits per heavy atom. The summed E-state index contributed by atoms with van der Waals surface area (Å²) in [6.45, 7) is 3.34. The molecule has 2 aromatic heterocycles. The number of fused-ring (bicyclic) bond motifs is 1. The molecule has 0 saturated heterocycles. The molecule has 3 rings (SSSR count). The molecule has 0 aliphatic carbocycles. The van der Waals surface area contributed by atoms with Gasteiger partial charge in [-0.1, -0.05) is 19.1 Å². The normalized spacial score (nSPS) is 12.9. The summed E-state index contributed by atoms with van der Waals surface area (Å²) >= 11 is 3.47. The minimum atomic E-state index is -0.633. The molecule has 6 heteroatoms. The van der Waals surface area contributed by atoms with Gasteiger partial charge < -0.3 is 9.67 Å². The Morgan fingerprint density at radius 1 is 1.33 bits per heavy atom. The molecule has 1 unspecified atom stereocenters. The van der Waals surface area contributed by atoms with Gasteiger partial charge in [-0.25, -0.2) is 4.98 Å². The molecular weight excluding hydrogens is 332 g/mol. The van der Waals surface area contributed by atoms with E-state index < -0.39 is 6.10 Å². The van der Waals surface area contributed by atoms with Gasteiger partial charge in [0, 0.05) is 6.54 Å². The lowest BCUT2D eigenvalue weighted by molar-refractivity contribution is 0.146. The summed E-state index contributed by atoms with van der Waals surface area (Å²) in [6.07, 6.45) is 3.84. The summed E-state index contributed by atoms with van der Waals surface area (Å²) in [5.74, 6) is 0. The molecule has 0 amide bonds. The van der Waals surface area contributed by atoms with E-state index >= 15 is 0 Å². The van der Waals surface area contributed by atoms with Gasteiger partial charge in [0.05, 0.1) is 40.3 Å². The first-order valence-electron chi connectivity index (χ1n) is 7.00. The summed E-state index contributed by atoms with van der Waals surface area (Å²) < 4.78 is 4.66. The second-order valence-corrected chi connectivity index (χ2v) is 5.86. The number of nitrogens with zero attached hydrogens (tertiary/aromatic N) is 4. The predicted octanol–water partition coefficient (Wildman–Crippen LogP) is 3.14. The fraction of sp³-hybridized carbons (Fsp3) is 0.333. The molecular formula is C15H17BrN4O. The topological polar surface area (TPSA) is 55.9 Å². The van der Waals surface area contributed by atoms with E-state index in [0.29, 0.717) is 6.54 Å².